The Morgan fingerprint density at radius 2 is 1.51 bits per heavy atom. The lowest BCUT2D eigenvalue weighted by molar-refractivity contribution is -0.143. The van der Waals surface area contributed by atoms with Crippen LogP contribution in [0.4, 0.5) is 39.5 Å². The molecule has 0 aliphatic rings. The third-order valence-corrected chi connectivity index (χ3v) is 7.42. The van der Waals surface area contributed by atoms with E-state index in [0.717, 1.165) is 19.1 Å². The number of H-pyrrole nitrogens is 1. The summed E-state index contributed by atoms with van der Waals surface area (Å²) in [4.78, 5) is 28.2. The number of rotatable bonds is 9. The SMILES string of the molecule is C[C@@H]([C@H](O)c1cc(C(F)(F)F)cc(C(F)(F)F)c1)N(C=O)Cc1cc(C(F)(F)F)ccc1-c1cc(-c2n[nH]c(C(N)=O)n2)ccc1Cl. The zero-order valence-electron chi connectivity index (χ0n) is 23.6. The third-order valence-electron chi connectivity index (χ3n) is 7.09. The molecule has 250 valence electrons. The smallest absolute Gasteiger partial charge is 0.386 e. The summed E-state index contributed by atoms with van der Waals surface area (Å²) >= 11 is 6.39. The molecule has 0 saturated heterocycles. The molecule has 47 heavy (non-hydrogen) atoms. The number of aromatic nitrogens is 3. The number of amides is 2. The van der Waals surface area contributed by atoms with Gasteiger partial charge in [0.1, 0.15) is 0 Å². The van der Waals surface area contributed by atoms with Crippen molar-refractivity contribution in [1.82, 2.24) is 20.1 Å². The van der Waals surface area contributed by atoms with Gasteiger partial charge in [0.2, 0.25) is 12.2 Å². The molecular formula is C29H21ClF9N5O3. The summed E-state index contributed by atoms with van der Waals surface area (Å²) in [5.41, 5.74) is -0.0865. The Bertz CT molecular complexity index is 1770. The Hall–Kier alpha value is -4.64. The molecule has 0 radical (unpaired) electrons. The molecule has 2 amide bonds. The molecule has 0 saturated carbocycles. The maximum absolute atomic E-state index is 13.7. The number of carbonyl (C=O) groups excluding carboxylic acids is 2. The molecule has 0 bridgehead atoms. The maximum atomic E-state index is 13.7. The van der Waals surface area contributed by atoms with Gasteiger partial charge in [0, 0.05) is 22.7 Å². The van der Waals surface area contributed by atoms with Crippen molar-refractivity contribution in [1.29, 1.82) is 0 Å². The zero-order valence-corrected chi connectivity index (χ0v) is 24.4. The average Bonchev–Trinajstić information content (AvgIpc) is 3.49. The molecule has 1 heterocycles. The predicted molar refractivity (Wildman–Crippen MR) is 148 cm³/mol. The highest BCUT2D eigenvalue weighted by atomic mass is 35.5. The first-order valence-electron chi connectivity index (χ1n) is 13.1. The number of aromatic amines is 1. The second-order valence-corrected chi connectivity index (χ2v) is 10.6. The number of hydrogen-bond donors (Lipinski definition) is 3. The van der Waals surface area contributed by atoms with Crippen LogP contribution in [0.3, 0.4) is 0 Å². The van der Waals surface area contributed by atoms with Gasteiger partial charge in [-0.2, -0.15) is 44.6 Å². The van der Waals surface area contributed by atoms with Gasteiger partial charge >= 0.3 is 18.5 Å². The number of primary amides is 1. The summed E-state index contributed by atoms with van der Waals surface area (Å²) in [6.07, 6.45) is -17.4. The molecule has 3 aromatic carbocycles. The van der Waals surface area contributed by atoms with E-state index in [9.17, 15) is 54.2 Å². The van der Waals surface area contributed by atoms with E-state index in [1.165, 1.54) is 18.2 Å². The van der Waals surface area contributed by atoms with Gasteiger partial charge < -0.3 is 15.7 Å². The normalized spacial score (nSPS) is 13.7. The van der Waals surface area contributed by atoms with Crippen LogP contribution in [0.2, 0.25) is 5.02 Å². The van der Waals surface area contributed by atoms with Crippen molar-refractivity contribution in [2.45, 2.75) is 44.1 Å². The van der Waals surface area contributed by atoms with Crippen LogP contribution in [-0.2, 0) is 29.9 Å². The van der Waals surface area contributed by atoms with Crippen LogP contribution in [0.5, 0.6) is 0 Å². The molecule has 18 heteroatoms. The van der Waals surface area contributed by atoms with E-state index < -0.39 is 65.4 Å². The number of benzene rings is 3. The second-order valence-electron chi connectivity index (χ2n) is 10.2. The lowest BCUT2D eigenvalue weighted by atomic mass is 9.94. The fourth-order valence-electron chi connectivity index (χ4n) is 4.62. The standard InChI is InChI=1S/C29H21ClF9N5O3/c1-13(23(46)15-6-18(28(34,35)36)10-19(7-15)29(37,38)39)44(12-45)11-16-8-17(27(31,32)33)3-4-20(16)21-9-14(2-5-22(21)30)25-41-26(24(40)47)43-42-25/h2-10,12-13,23,46H,11H2,1H3,(H2,40,47)(H,41,42,43)/t13-,23-/m0/s1. The van der Waals surface area contributed by atoms with Crippen molar-refractivity contribution in [3.05, 3.63) is 93.3 Å². The average molecular weight is 694 g/mol. The van der Waals surface area contributed by atoms with E-state index in [4.69, 9.17) is 17.3 Å². The highest BCUT2D eigenvalue weighted by Gasteiger charge is 2.38. The quantitative estimate of drug-likeness (QED) is 0.128. The number of carbonyl (C=O) groups is 2. The Morgan fingerprint density at radius 1 is 0.915 bits per heavy atom. The number of nitrogens with one attached hydrogen (secondary N) is 1. The van der Waals surface area contributed by atoms with Crippen LogP contribution in [-0.4, -0.2) is 43.5 Å². The Kier molecular flexibility index (Phi) is 9.64. The predicted octanol–water partition coefficient (Wildman–Crippen LogP) is 7.03. The van der Waals surface area contributed by atoms with E-state index in [-0.39, 0.29) is 63.5 Å². The molecule has 2 atom stereocenters. The van der Waals surface area contributed by atoms with Crippen LogP contribution < -0.4 is 5.73 Å². The molecule has 0 spiro atoms. The van der Waals surface area contributed by atoms with Crippen molar-refractivity contribution in [3.8, 4) is 22.5 Å². The molecule has 0 unspecified atom stereocenters. The highest BCUT2D eigenvalue weighted by molar-refractivity contribution is 6.33. The Balaban J connectivity index is 1.78. The van der Waals surface area contributed by atoms with Gasteiger partial charge in [0.15, 0.2) is 5.82 Å². The van der Waals surface area contributed by atoms with Gasteiger partial charge in [0.25, 0.3) is 5.91 Å². The number of halogens is 10. The first-order valence-corrected chi connectivity index (χ1v) is 13.5. The van der Waals surface area contributed by atoms with Gasteiger partial charge in [-0.3, -0.25) is 14.7 Å². The fraction of sp³-hybridized carbons (Fsp3) is 0.241. The molecule has 4 N–H and O–H groups in total. The van der Waals surface area contributed by atoms with E-state index in [1.54, 1.807) is 0 Å². The van der Waals surface area contributed by atoms with Crippen LogP contribution in [0.15, 0.2) is 54.6 Å². The maximum Gasteiger partial charge on any atom is 0.416 e. The zero-order chi connectivity index (χ0) is 35.1. The van der Waals surface area contributed by atoms with Gasteiger partial charge in [-0.25, -0.2) is 4.98 Å². The van der Waals surface area contributed by atoms with Gasteiger partial charge in [-0.15, -0.1) is 0 Å². The topological polar surface area (TPSA) is 125 Å². The van der Waals surface area contributed by atoms with Crippen LogP contribution in [0.1, 0.15) is 51.5 Å². The fourth-order valence-corrected chi connectivity index (χ4v) is 4.84. The summed E-state index contributed by atoms with van der Waals surface area (Å²) in [5.74, 6) is -1.24. The first kappa shape index (κ1) is 35.2. The van der Waals surface area contributed by atoms with Crippen LogP contribution >= 0.6 is 11.6 Å². The molecule has 1 aromatic heterocycles. The summed E-state index contributed by atoms with van der Waals surface area (Å²) in [6.45, 7) is 0.381. The number of aliphatic hydroxyl groups excluding tert-OH is 1. The summed E-state index contributed by atoms with van der Waals surface area (Å²) in [6, 6.07) is 5.48. The third kappa shape index (κ3) is 7.85. The van der Waals surface area contributed by atoms with Crippen LogP contribution in [0, 0.1) is 0 Å². The van der Waals surface area contributed by atoms with Gasteiger partial charge in [-0.05, 0) is 72.1 Å². The highest BCUT2D eigenvalue weighted by Crippen LogP contribution is 2.40. The molecule has 0 fully saturated rings. The summed E-state index contributed by atoms with van der Waals surface area (Å²) < 4.78 is 122. The Morgan fingerprint density at radius 3 is 2.02 bits per heavy atom. The summed E-state index contributed by atoms with van der Waals surface area (Å²) in [5, 5.41) is 17.1. The largest absolute Gasteiger partial charge is 0.416 e. The van der Waals surface area contributed by atoms with Crippen molar-refractivity contribution < 1.29 is 54.2 Å². The molecule has 0 aliphatic heterocycles. The summed E-state index contributed by atoms with van der Waals surface area (Å²) in [7, 11) is 0. The van der Waals surface area contributed by atoms with E-state index >= 15 is 0 Å². The van der Waals surface area contributed by atoms with Crippen molar-refractivity contribution in [2.24, 2.45) is 5.73 Å². The van der Waals surface area contributed by atoms with Crippen molar-refractivity contribution >= 4 is 23.9 Å². The minimum Gasteiger partial charge on any atom is -0.386 e. The van der Waals surface area contributed by atoms with Crippen LogP contribution in [0.25, 0.3) is 22.5 Å². The molecule has 0 aliphatic carbocycles. The minimum absolute atomic E-state index is 0.00908. The number of hydrogen-bond acceptors (Lipinski definition) is 5. The minimum atomic E-state index is -5.23. The monoisotopic (exact) mass is 693 g/mol. The molecule has 4 aromatic rings. The second kappa shape index (κ2) is 12.9. The van der Waals surface area contributed by atoms with E-state index in [2.05, 4.69) is 15.2 Å². The Labute approximate surface area is 264 Å². The van der Waals surface area contributed by atoms with Crippen molar-refractivity contribution in [3.63, 3.8) is 0 Å². The van der Waals surface area contributed by atoms with Gasteiger partial charge in [0.05, 0.1) is 28.8 Å². The molecule has 4 rings (SSSR count). The lowest BCUT2D eigenvalue weighted by Gasteiger charge is -2.31. The van der Waals surface area contributed by atoms with E-state index in [0.29, 0.717) is 11.0 Å². The number of alkyl halides is 9. The van der Waals surface area contributed by atoms with E-state index in [1.807, 2.05) is 0 Å². The van der Waals surface area contributed by atoms with Crippen molar-refractivity contribution in [2.75, 3.05) is 0 Å². The van der Waals surface area contributed by atoms with Gasteiger partial charge in [-0.1, -0.05) is 17.7 Å². The lowest BCUT2D eigenvalue weighted by Crippen LogP contribution is -2.36. The number of nitrogens with two attached hydrogens (primary N) is 1. The molecule has 8 nitrogen and oxygen atoms in total. The molecular weight excluding hydrogens is 673 g/mol. The first-order chi connectivity index (χ1) is 21.7. The number of nitrogens with zero attached hydrogens (tertiary/aromatic N) is 3. The number of aliphatic hydroxyl groups is 1.